The van der Waals surface area contributed by atoms with Gasteiger partial charge in [0.2, 0.25) is 0 Å². The molecule has 2 aromatic carbocycles. The summed E-state index contributed by atoms with van der Waals surface area (Å²) >= 11 is 7.93. The van der Waals surface area contributed by atoms with Crippen molar-refractivity contribution in [2.24, 2.45) is 5.92 Å². The molecular formula is C18H18ClNOS. The zero-order valence-corrected chi connectivity index (χ0v) is 13.7. The Labute approximate surface area is 140 Å². The van der Waals surface area contributed by atoms with Crippen LogP contribution in [0.1, 0.15) is 18.0 Å². The molecule has 0 bridgehead atoms. The summed E-state index contributed by atoms with van der Waals surface area (Å²) in [5.41, 5.74) is 2.09. The molecule has 1 aliphatic heterocycles. The minimum absolute atomic E-state index is 0.000122. The summed E-state index contributed by atoms with van der Waals surface area (Å²) < 4.78 is 0. The third-order valence-electron chi connectivity index (χ3n) is 3.91. The van der Waals surface area contributed by atoms with Gasteiger partial charge in [0.15, 0.2) is 0 Å². The molecule has 1 saturated heterocycles. The first-order valence-electron chi connectivity index (χ1n) is 7.41. The van der Waals surface area contributed by atoms with E-state index in [-0.39, 0.29) is 12.0 Å². The van der Waals surface area contributed by atoms with Crippen molar-refractivity contribution in [2.45, 2.75) is 12.5 Å². The highest BCUT2D eigenvalue weighted by Crippen LogP contribution is 2.34. The number of halogens is 1. The van der Waals surface area contributed by atoms with Crippen LogP contribution in [0.5, 0.6) is 0 Å². The number of benzene rings is 2. The zero-order valence-electron chi connectivity index (χ0n) is 12.2. The molecule has 22 heavy (non-hydrogen) atoms. The SMILES string of the molecule is O=C1CCSC[C@@H]1[C@H](Nc1cccc(Cl)c1)c1ccccc1. The second kappa shape index (κ2) is 7.21. The first kappa shape index (κ1) is 15.4. The van der Waals surface area contributed by atoms with E-state index in [9.17, 15) is 4.79 Å². The topological polar surface area (TPSA) is 29.1 Å². The first-order valence-corrected chi connectivity index (χ1v) is 8.95. The lowest BCUT2D eigenvalue weighted by molar-refractivity contribution is -0.122. The van der Waals surface area contributed by atoms with E-state index in [4.69, 9.17) is 11.6 Å². The van der Waals surface area contributed by atoms with Gasteiger partial charge in [-0.1, -0.05) is 48.0 Å². The zero-order chi connectivity index (χ0) is 15.4. The van der Waals surface area contributed by atoms with Crippen molar-refractivity contribution in [2.75, 3.05) is 16.8 Å². The van der Waals surface area contributed by atoms with Gasteiger partial charge in [-0.25, -0.2) is 0 Å². The maximum atomic E-state index is 12.4. The van der Waals surface area contributed by atoms with Crippen molar-refractivity contribution < 1.29 is 4.79 Å². The molecule has 0 aliphatic carbocycles. The second-order valence-electron chi connectivity index (χ2n) is 5.44. The van der Waals surface area contributed by atoms with Crippen LogP contribution in [0.4, 0.5) is 5.69 Å². The molecular weight excluding hydrogens is 314 g/mol. The normalized spacial score (nSPS) is 19.7. The van der Waals surface area contributed by atoms with Gasteiger partial charge >= 0.3 is 0 Å². The summed E-state index contributed by atoms with van der Waals surface area (Å²) in [6.45, 7) is 0. The molecule has 2 nitrogen and oxygen atoms in total. The molecule has 1 aliphatic rings. The van der Waals surface area contributed by atoms with Gasteiger partial charge in [-0.2, -0.15) is 11.8 Å². The Hall–Kier alpha value is -1.45. The van der Waals surface area contributed by atoms with Gasteiger partial charge < -0.3 is 5.32 Å². The van der Waals surface area contributed by atoms with E-state index in [0.717, 1.165) is 22.8 Å². The van der Waals surface area contributed by atoms with Gasteiger partial charge in [-0.05, 0) is 23.8 Å². The highest BCUT2D eigenvalue weighted by molar-refractivity contribution is 7.99. The lowest BCUT2D eigenvalue weighted by atomic mass is 9.89. The monoisotopic (exact) mass is 331 g/mol. The predicted molar refractivity (Wildman–Crippen MR) is 94.7 cm³/mol. The molecule has 1 heterocycles. The molecule has 1 fully saturated rings. The Morgan fingerprint density at radius 1 is 1.14 bits per heavy atom. The fourth-order valence-corrected chi connectivity index (χ4v) is 4.11. The number of nitrogens with one attached hydrogen (secondary N) is 1. The van der Waals surface area contributed by atoms with Crippen LogP contribution in [0.15, 0.2) is 54.6 Å². The van der Waals surface area contributed by atoms with Gasteiger partial charge in [0.05, 0.1) is 12.0 Å². The summed E-state index contributed by atoms with van der Waals surface area (Å²) in [7, 11) is 0. The fourth-order valence-electron chi connectivity index (χ4n) is 2.78. The molecule has 2 atom stereocenters. The van der Waals surface area contributed by atoms with Gasteiger partial charge in [-0.15, -0.1) is 0 Å². The quantitative estimate of drug-likeness (QED) is 0.871. The summed E-state index contributed by atoms with van der Waals surface area (Å²) in [4.78, 5) is 12.4. The number of Topliss-reactive ketones (excluding diaryl/α,β-unsaturated/α-hetero) is 1. The Kier molecular flexibility index (Phi) is 5.06. The molecule has 3 rings (SSSR count). The van der Waals surface area contributed by atoms with E-state index in [0.29, 0.717) is 17.2 Å². The molecule has 0 radical (unpaired) electrons. The molecule has 1 N–H and O–H groups in total. The molecule has 0 saturated carbocycles. The van der Waals surface area contributed by atoms with E-state index in [1.807, 2.05) is 54.2 Å². The number of hydrogen-bond acceptors (Lipinski definition) is 3. The lowest BCUT2D eigenvalue weighted by Gasteiger charge is -2.30. The van der Waals surface area contributed by atoms with E-state index in [1.54, 1.807) is 0 Å². The van der Waals surface area contributed by atoms with Crippen molar-refractivity contribution >= 4 is 34.8 Å². The Bertz CT molecular complexity index is 647. The van der Waals surface area contributed by atoms with Gasteiger partial charge in [-0.3, -0.25) is 4.79 Å². The highest BCUT2D eigenvalue weighted by Gasteiger charge is 2.31. The Morgan fingerprint density at radius 2 is 1.95 bits per heavy atom. The third kappa shape index (κ3) is 3.65. The van der Waals surface area contributed by atoms with Crippen molar-refractivity contribution in [1.82, 2.24) is 0 Å². The number of anilines is 1. The first-order chi connectivity index (χ1) is 10.7. The van der Waals surface area contributed by atoms with Gasteiger partial charge in [0, 0.05) is 28.6 Å². The molecule has 0 spiro atoms. The fraction of sp³-hybridized carbons (Fsp3) is 0.278. The smallest absolute Gasteiger partial charge is 0.140 e. The van der Waals surface area contributed by atoms with E-state index < -0.39 is 0 Å². The predicted octanol–water partition coefficient (Wildman–Crippen LogP) is 4.82. The Balaban J connectivity index is 1.90. The molecule has 4 heteroatoms. The molecule has 114 valence electrons. The van der Waals surface area contributed by atoms with Crippen molar-refractivity contribution in [1.29, 1.82) is 0 Å². The van der Waals surface area contributed by atoms with E-state index in [2.05, 4.69) is 17.4 Å². The summed E-state index contributed by atoms with van der Waals surface area (Å²) in [5.74, 6) is 2.15. The molecule has 0 aromatic heterocycles. The van der Waals surface area contributed by atoms with E-state index in [1.165, 1.54) is 0 Å². The summed E-state index contributed by atoms with van der Waals surface area (Å²) in [5, 5.41) is 4.21. The summed E-state index contributed by atoms with van der Waals surface area (Å²) in [6.07, 6.45) is 0.663. The maximum absolute atomic E-state index is 12.4. The maximum Gasteiger partial charge on any atom is 0.140 e. The van der Waals surface area contributed by atoms with Crippen LogP contribution >= 0.6 is 23.4 Å². The van der Waals surface area contributed by atoms with Crippen LogP contribution in [-0.2, 0) is 4.79 Å². The largest absolute Gasteiger partial charge is 0.377 e. The van der Waals surface area contributed by atoms with Crippen LogP contribution < -0.4 is 5.32 Å². The lowest BCUT2D eigenvalue weighted by Crippen LogP contribution is -2.32. The second-order valence-corrected chi connectivity index (χ2v) is 7.03. The molecule has 2 aromatic rings. The molecule has 0 unspecified atom stereocenters. The van der Waals surface area contributed by atoms with Crippen LogP contribution in [0.3, 0.4) is 0 Å². The third-order valence-corrected chi connectivity index (χ3v) is 5.23. The number of thioether (sulfide) groups is 1. The van der Waals surface area contributed by atoms with Crippen molar-refractivity contribution in [3.8, 4) is 0 Å². The average Bonchev–Trinajstić information content (AvgIpc) is 2.54. The van der Waals surface area contributed by atoms with Gasteiger partial charge in [0.25, 0.3) is 0 Å². The van der Waals surface area contributed by atoms with Crippen LogP contribution in [0, 0.1) is 5.92 Å². The van der Waals surface area contributed by atoms with E-state index >= 15 is 0 Å². The minimum Gasteiger partial charge on any atom is -0.377 e. The van der Waals surface area contributed by atoms with Gasteiger partial charge in [0.1, 0.15) is 5.78 Å². The number of carbonyl (C=O) groups is 1. The highest BCUT2D eigenvalue weighted by atomic mass is 35.5. The van der Waals surface area contributed by atoms with Crippen molar-refractivity contribution in [3.63, 3.8) is 0 Å². The number of rotatable bonds is 4. The standard InChI is InChI=1S/C18H18ClNOS/c19-14-7-4-8-15(11-14)20-18(13-5-2-1-3-6-13)16-12-22-10-9-17(16)21/h1-8,11,16,18,20H,9-10,12H2/t16-,18+/m0/s1. The number of hydrogen-bond donors (Lipinski definition) is 1. The van der Waals surface area contributed by atoms with Crippen LogP contribution in [-0.4, -0.2) is 17.3 Å². The van der Waals surface area contributed by atoms with Crippen LogP contribution in [0.2, 0.25) is 5.02 Å². The average molecular weight is 332 g/mol. The number of ketones is 1. The summed E-state index contributed by atoms with van der Waals surface area (Å²) in [6, 6.07) is 17.8. The number of carbonyl (C=O) groups excluding carboxylic acids is 1. The Morgan fingerprint density at radius 3 is 2.68 bits per heavy atom. The van der Waals surface area contributed by atoms with Crippen molar-refractivity contribution in [3.05, 3.63) is 65.2 Å². The van der Waals surface area contributed by atoms with Crippen LogP contribution in [0.25, 0.3) is 0 Å². The minimum atomic E-state index is -0.0139. The molecule has 0 amide bonds.